The van der Waals surface area contributed by atoms with Gasteiger partial charge in [0, 0.05) is 0 Å². The summed E-state index contributed by atoms with van der Waals surface area (Å²) < 4.78 is 67.5. The van der Waals surface area contributed by atoms with Crippen molar-refractivity contribution in [1.82, 2.24) is 0 Å². The van der Waals surface area contributed by atoms with E-state index in [0.29, 0.717) is 0 Å². The van der Waals surface area contributed by atoms with Gasteiger partial charge in [-0.15, -0.1) is 0 Å². The Bertz CT molecular complexity index is 99.9. The van der Waals surface area contributed by atoms with Crippen molar-refractivity contribution in [2.24, 2.45) is 0 Å². The van der Waals surface area contributed by atoms with Gasteiger partial charge in [-0.25, -0.2) is 0 Å². The molecule has 0 aliphatic heterocycles. The Morgan fingerprint density at radius 3 is 1.00 bits per heavy atom. The van der Waals surface area contributed by atoms with Gasteiger partial charge in [-0.2, -0.15) is 0 Å². The first-order chi connectivity index (χ1) is 4.15. The maximum atomic E-state index is 11.2. The predicted octanol–water partition coefficient (Wildman–Crippen LogP) is 2.58. The van der Waals surface area contributed by atoms with Gasteiger partial charge in [0.25, 0.3) is 0 Å². The number of alkyl halides is 6. The number of hydrogen-bond donors (Lipinski definition) is 0. The summed E-state index contributed by atoms with van der Waals surface area (Å²) in [4.78, 5) is -10.2. The minimum atomic E-state index is -5.12. The van der Waals surface area contributed by atoms with Crippen molar-refractivity contribution in [3.8, 4) is 0 Å². The fourth-order valence-corrected chi connectivity index (χ4v) is 0.747. The molecule has 0 spiro atoms. The standard InChI is InChI=1S/C2AsBrF6/c4-3(1(5,6)7)2(8,9)10. The van der Waals surface area contributed by atoms with Gasteiger partial charge in [0.15, 0.2) is 0 Å². The van der Waals surface area contributed by atoms with Gasteiger partial charge < -0.3 is 0 Å². The van der Waals surface area contributed by atoms with Gasteiger partial charge in [-0.1, -0.05) is 0 Å². The van der Waals surface area contributed by atoms with Crippen LogP contribution in [0.15, 0.2) is 0 Å². The summed E-state index contributed by atoms with van der Waals surface area (Å²) >= 11 is -3.22. The number of hydrogen-bond acceptors (Lipinski definition) is 0. The van der Waals surface area contributed by atoms with Crippen LogP contribution in [0.4, 0.5) is 26.3 Å². The van der Waals surface area contributed by atoms with E-state index in [9.17, 15) is 26.3 Å². The van der Waals surface area contributed by atoms with Crippen LogP contribution in [0.25, 0.3) is 0 Å². The zero-order valence-corrected chi connectivity index (χ0v) is 7.56. The Balaban J connectivity index is 4.23. The van der Waals surface area contributed by atoms with Crippen molar-refractivity contribution in [3.05, 3.63) is 0 Å². The molecule has 0 radical (unpaired) electrons. The van der Waals surface area contributed by atoms with Crippen LogP contribution in [0.3, 0.4) is 0 Å². The topological polar surface area (TPSA) is 0 Å². The van der Waals surface area contributed by atoms with E-state index in [-0.39, 0.29) is 0 Å². The molecule has 0 atom stereocenters. The molecule has 0 saturated heterocycles. The molecule has 10 heavy (non-hydrogen) atoms. The average molecular weight is 293 g/mol. The van der Waals surface area contributed by atoms with Crippen LogP contribution in [-0.4, -0.2) is 22.7 Å². The average Bonchev–Trinajstić information content (AvgIpc) is 1.59. The summed E-state index contributed by atoms with van der Waals surface area (Å²) in [5, 5.41) is 0. The second-order valence-corrected chi connectivity index (χ2v) is 8.21. The quantitative estimate of drug-likeness (QED) is 0.475. The van der Waals surface area contributed by atoms with E-state index >= 15 is 0 Å². The number of rotatable bonds is 0. The molecule has 0 saturated carbocycles. The van der Waals surface area contributed by atoms with Crippen molar-refractivity contribution < 1.29 is 26.3 Å². The van der Waals surface area contributed by atoms with Crippen LogP contribution >= 0.6 is 13.9 Å². The van der Waals surface area contributed by atoms with Gasteiger partial charge in [0.2, 0.25) is 0 Å². The number of halogens is 7. The van der Waals surface area contributed by atoms with Crippen LogP contribution in [-0.2, 0) is 0 Å². The molecule has 0 fully saturated rings. The molecular weight excluding hydrogens is 293 g/mol. The molecule has 0 amide bonds. The van der Waals surface area contributed by atoms with Crippen molar-refractivity contribution in [2.45, 2.75) is 9.93 Å². The summed E-state index contributed by atoms with van der Waals surface area (Å²) in [6.45, 7) is 0. The minimum absolute atomic E-state index is 1.61. The molecule has 0 N–H and O–H groups in total. The molecule has 0 unspecified atom stereocenters. The van der Waals surface area contributed by atoms with E-state index in [1.165, 1.54) is 0 Å². The van der Waals surface area contributed by atoms with Gasteiger partial charge in [-0.3, -0.25) is 0 Å². The molecule has 0 rings (SSSR count). The van der Waals surface area contributed by atoms with E-state index in [4.69, 9.17) is 0 Å². The molecule has 8 heteroatoms. The molecule has 0 nitrogen and oxygen atoms in total. The normalized spacial score (nSPS) is 14.4. The van der Waals surface area contributed by atoms with Crippen molar-refractivity contribution >= 4 is 26.7 Å². The zero-order chi connectivity index (χ0) is 8.58. The van der Waals surface area contributed by atoms with E-state index in [1.54, 1.807) is 13.9 Å². The Labute approximate surface area is 63.4 Å². The molecule has 0 aliphatic carbocycles. The SMILES string of the molecule is FC(F)(F)[As](Br)C(F)(F)F. The third-order valence-corrected chi connectivity index (χ3v) is 6.49. The van der Waals surface area contributed by atoms with Crippen molar-refractivity contribution in [2.75, 3.05) is 0 Å². The Hall–Kier alpha value is 0.618. The van der Waals surface area contributed by atoms with Gasteiger partial charge in [0.1, 0.15) is 0 Å². The predicted molar refractivity (Wildman–Crippen MR) is 26.8 cm³/mol. The van der Waals surface area contributed by atoms with Crippen LogP contribution in [0.5, 0.6) is 0 Å². The molecule has 0 bridgehead atoms. The summed E-state index contributed by atoms with van der Waals surface area (Å²) in [5.41, 5.74) is 0. The second kappa shape index (κ2) is 2.93. The van der Waals surface area contributed by atoms with Crippen LogP contribution in [0.1, 0.15) is 0 Å². The van der Waals surface area contributed by atoms with E-state index in [0.717, 1.165) is 0 Å². The third-order valence-electron chi connectivity index (χ3n) is 0.445. The molecular formula is C2AsBrF6. The van der Waals surface area contributed by atoms with Crippen LogP contribution in [0, 0.1) is 0 Å². The van der Waals surface area contributed by atoms with E-state index < -0.39 is 22.7 Å². The van der Waals surface area contributed by atoms with Crippen LogP contribution < -0.4 is 0 Å². The van der Waals surface area contributed by atoms with Crippen LogP contribution in [0.2, 0.25) is 0 Å². The summed E-state index contributed by atoms with van der Waals surface area (Å²) in [6, 6.07) is 0. The summed E-state index contributed by atoms with van der Waals surface area (Å²) in [7, 11) is 0. The first kappa shape index (κ1) is 10.6. The first-order valence-electron chi connectivity index (χ1n) is 1.75. The fourth-order valence-electron chi connectivity index (χ4n) is 0.144. The molecule has 0 aromatic rings. The Kier molecular flexibility index (Phi) is 3.11. The summed E-state index contributed by atoms with van der Waals surface area (Å²) in [5.74, 6) is 0. The van der Waals surface area contributed by atoms with Gasteiger partial charge in [-0.05, 0) is 0 Å². The maximum absolute atomic E-state index is 11.2. The van der Waals surface area contributed by atoms with Gasteiger partial charge in [0.05, 0.1) is 0 Å². The van der Waals surface area contributed by atoms with Crippen molar-refractivity contribution in [3.63, 3.8) is 0 Å². The molecule has 62 valence electrons. The zero-order valence-electron chi connectivity index (χ0n) is 4.09. The van der Waals surface area contributed by atoms with E-state index in [2.05, 4.69) is 0 Å². The van der Waals surface area contributed by atoms with Crippen molar-refractivity contribution in [1.29, 1.82) is 0 Å². The third kappa shape index (κ3) is 3.14. The van der Waals surface area contributed by atoms with E-state index in [1.807, 2.05) is 0 Å². The molecule has 0 aliphatic rings. The molecule has 0 aromatic carbocycles. The fraction of sp³-hybridized carbons (Fsp3) is 1.00. The monoisotopic (exact) mass is 292 g/mol. The summed E-state index contributed by atoms with van der Waals surface area (Å²) in [6.07, 6.45) is 0. The molecule has 0 aromatic heterocycles. The first-order valence-corrected chi connectivity index (χ1v) is 8.02. The Morgan fingerprint density at radius 2 is 1.00 bits per heavy atom. The second-order valence-electron chi connectivity index (χ2n) is 1.22. The molecule has 0 heterocycles. The van der Waals surface area contributed by atoms with Gasteiger partial charge >= 0.3 is 63.0 Å². The Morgan fingerprint density at radius 1 is 0.800 bits per heavy atom.